The Kier molecular flexibility index (Phi) is 5.61. The maximum Gasteiger partial charge on any atom is 0.0252 e. The van der Waals surface area contributed by atoms with Crippen LogP contribution in [0.2, 0.25) is 0 Å². The van der Waals surface area contributed by atoms with Gasteiger partial charge in [-0.1, -0.05) is 18.6 Å². The van der Waals surface area contributed by atoms with Crippen LogP contribution in [0.25, 0.3) is 0 Å². The standard InChI is InChI=1S/C9H17N.ClH/c1-3-5-9-7-4-6-8(2)10-9;/h3,5,8-10H,4,6-7H2,1-2H3;1H/b5-3-;/t8-,9-;/m1./s1. The van der Waals surface area contributed by atoms with Crippen LogP contribution in [0.15, 0.2) is 12.2 Å². The highest BCUT2D eigenvalue weighted by Crippen LogP contribution is 2.12. The monoisotopic (exact) mass is 175 g/mol. The summed E-state index contributed by atoms with van der Waals surface area (Å²) >= 11 is 0. The molecule has 1 fully saturated rings. The molecule has 1 heterocycles. The highest BCUT2D eigenvalue weighted by atomic mass is 35.5. The lowest BCUT2D eigenvalue weighted by molar-refractivity contribution is 0.374. The van der Waals surface area contributed by atoms with Gasteiger partial charge in [-0.25, -0.2) is 0 Å². The van der Waals surface area contributed by atoms with E-state index in [9.17, 15) is 0 Å². The van der Waals surface area contributed by atoms with Crippen molar-refractivity contribution in [1.82, 2.24) is 5.32 Å². The van der Waals surface area contributed by atoms with E-state index < -0.39 is 0 Å². The summed E-state index contributed by atoms with van der Waals surface area (Å²) in [5.41, 5.74) is 0. The van der Waals surface area contributed by atoms with E-state index >= 15 is 0 Å². The van der Waals surface area contributed by atoms with E-state index in [1.807, 2.05) is 0 Å². The summed E-state index contributed by atoms with van der Waals surface area (Å²) in [4.78, 5) is 0. The van der Waals surface area contributed by atoms with Crippen LogP contribution in [-0.2, 0) is 0 Å². The molecule has 66 valence electrons. The average Bonchev–Trinajstić information content (AvgIpc) is 1.88. The van der Waals surface area contributed by atoms with Crippen molar-refractivity contribution in [3.05, 3.63) is 12.2 Å². The van der Waals surface area contributed by atoms with Crippen LogP contribution >= 0.6 is 12.4 Å². The summed E-state index contributed by atoms with van der Waals surface area (Å²) in [5, 5.41) is 3.53. The Hall–Kier alpha value is -0.0100. The highest BCUT2D eigenvalue weighted by Gasteiger charge is 2.13. The average molecular weight is 176 g/mol. The quantitative estimate of drug-likeness (QED) is 0.604. The molecule has 0 spiro atoms. The van der Waals surface area contributed by atoms with E-state index in [2.05, 4.69) is 31.3 Å². The van der Waals surface area contributed by atoms with E-state index in [-0.39, 0.29) is 12.4 Å². The van der Waals surface area contributed by atoms with Gasteiger partial charge in [0.1, 0.15) is 0 Å². The summed E-state index contributed by atoms with van der Waals surface area (Å²) in [6.45, 7) is 4.34. The molecule has 1 saturated heterocycles. The lowest BCUT2D eigenvalue weighted by atomic mass is 9.99. The first-order valence-corrected chi connectivity index (χ1v) is 4.22. The third kappa shape index (κ3) is 3.78. The first-order valence-electron chi connectivity index (χ1n) is 4.22. The second kappa shape index (κ2) is 5.62. The lowest BCUT2D eigenvalue weighted by Crippen LogP contribution is -2.39. The van der Waals surface area contributed by atoms with E-state index in [0.29, 0.717) is 6.04 Å². The summed E-state index contributed by atoms with van der Waals surface area (Å²) in [7, 11) is 0. The molecule has 0 bridgehead atoms. The van der Waals surface area contributed by atoms with Crippen molar-refractivity contribution < 1.29 is 0 Å². The van der Waals surface area contributed by atoms with E-state index in [1.165, 1.54) is 19.3 Å². The molecule has 1 nitrogen and oxygen atoms in total. The maximum atomic E-state index is 3.53. The van der Waals surface area contributed by atoms with Gasteiger partial charge in [-0.05, 0) is 26.7 Å². The Balaban J connectivity index is 0.000001000. The van der Waals surface area contributed by atoms with Gasteiger partial charge in [-0.2, -0.15) is 0 Å². The van der Waals surface area contributed by atoms with Crippen molar-refractivity contribution in [2.75, 3.05) is 0 Å². The SMILES string of the molecule is C/C=C\[C@@H]1CCC[C@@H](C)N1.Cl. The number of hydrogen-bond acceptors (Lipinski definition) is 1. The lowest BCUT2D eigenvalue weighted by Gasteiger charge is -2.26. The molecule has 0 aromatic heterocycles. The molecule has 11 heavy (non-hydrogen) atoms. The van der Waals surface area contributed by atoms with Crippen molar-refractivity contribution in [2.24, 2.45) is 0 Å². The van der Waals surface area contributed by atoms with Gasteiger partial charge >= 0.3 is 0 Å². The van der Waals surface area contributed by atoms with Crippen molar-refractivity contribution in [3.63, 3.8) is 0 Å². The van der Waals surface area contributed by atoms with Crippen molar-refractivity contribution in [3.8, 4) is 0 Å². The van der Waals surface area contributed by atoms with Gasteiger partial charge in [-0.15, -0.1) is 12.4 Å². The number of rotatable bonds is 1. The number of piperidine rings is 1. The van der Waals surface area contributed by atoms with Crippen LogP contribution in [0.3, 0.4) is 0 Å². The second-order valence-corrected chi connectivity index (χ2v) is 3.13. The smallest absolute Gasteiger partial charge is 0.0252 e. The largest absolute Gasteiger partial charge is 0.308 e. The fraction of sp³-hybridized carbons (Fsp3) is 0.778. The third-order valence-corrected chi connectivity index (χ3v) is 2.08. The first kappa shape index (κ1) is 11.0. The van der Waals surface area contributed by atoms with Crippen LogP contribution in [-0.4, -0.2) is 12.1 Å². The predicted molar refractivity (Wildman–Crippen MR) is 52.3 cm³/mol. The number of halogens is 1. The molecular weight excluding hydrogens is 158 g/mol. The molecule has 0 saturated carbocycles. The fourth-order valence-corrected chi connectivity index (χ4v) is 1.56. The Morgan fingerprint density at radius 1 is 1.36 bits per heavy atom. The minimum Gasteiger partial charge on any atom is -0.308 e. The molecule has 0 aromatic rings. The summed E-state index contributed by atoms with van der Waals surface area (Å²) in [5.74, 6) is 0. The summed E-state index contributed by atoms with van der Waals surface area (Å²) < 4.78 is 0. The molecule has 0 amide bonds. The van der Waals surface area contributed by atoms with Gasteiger partial charge in [0.05, 0.1) is 0 Å². The molecule has 1 aliphatic heterocycles. The summed E-state index contributed by atoms with van der Waals surface area (Å²) in [6.07, 6.45) is 8.43. The number of nitrogens with one attached hydrogen (secondary N) is 1. The zero-order valence-corrected chi connectivity index (χ0v) is 8.16. The first-order chi connectivity index (χ1) is 4.83. The minimum absolute atomic E-state index is 0. The zero-order chi connectivity index (χ0) is 7.40. The minimum atomic E-state index is 0. The molecule has 0 radical (unpaired) electrons. The van der Waals surface area contributed by atoms with Gasteiger partial charge in [0, 0.05) is 12.1 Å². The fourth-order valence-electron chi connectivity index (χ4n) is 1.56. The molecular formula is C9H18ClN. The maximum absolute atomic E-state index is 3.53. The number of allylic oxidation sites excluding steroid dienone is 1. The molecule has 2 atom stereocenters. The van der Waals surface area contributed by atoms with E-state index in [0.717, 1.165) is 6.04 Å². The normalized spacial score (nSPS) is 31.8. The van der Waals surface area contributed by atoms with Crippen LogP contribution in [0.5, 0.6) is 0 Å². The second-order valence-electron chi connectivity index (χ2n) is 3.13. The Morgan fingerprint density at radius 2 is 2.09 bits per heavy atom. The Bertz CT molecular complexity index is 123. The Labute approximate surface area is 75.7 Å². The molecule has 0 aromatic carbocycles. The van der Waals surface area contributed by atoms with Gasteiger partial charge in [0.15, 0.2) is 0 Å². The molecule has 1 rings (SSSR count). The summed E-state index contributed by atoms with van der Waals surface area (Å²) in [6, 6.07) is 1.36. The van der Waals surface area contributed by atoms with Crippen molar-refractivity contribution in [1.29, 1.82) is 0 Å². The highest BCUT2D eigenvalue weighted by molar-refractivity contribution is 5.85. The van der Waals surface area contributed by atoms with Crippen LogP contribution in [0.4, 0.5) is 0 Å². The zero-order valence-electron chi connectivity index (χ0n) is 7.34. The van der Waals surface area contributed by atoms with Crippen LogP contribution in [0, 0.1) is 0 Å². The van der Waals surface area contributed by atoms with E-state index in [4.69, 9.17) is 0 Å². The molecule has 2 heteroatoms. The molecule has 1 aliphatic rings. The van der Waals surface area contributed by atoms with Gasteiger partial charge in [-0.3, -0.25) is 0 Å². The van der Waals surface area contributed by atoms with Crippen molar-refractivity contribution in [2.45, 2.75) is 45.2 Å². The molecule has 1 N–H and O–H groups in total. The molecule has 0 aliphatic carbocycles. The van der Waals surface area contributed by atoms with E-state index in [1.54, 1.807) is 0 Å². The predicted octanol–water partition coefficient (Wildman–Crippen LogP) is 2.51. The topological polar surface area (TPSA) is 12.0 Å². The Morgan fingerprint density at radius 3 is 2.64 bits per heavy atom. The van der Waals surface area contributed by atoms with Gasteiger partial charge in [0.2, 0.25) is 0 Å². The third-order valence-electron chi connectivity index (χ3n) is 2.08. The van der Waals surface area contributed by atoms with Crippen LogP contribution in [0.1, 0.15) is 33.1 Å². The van der Waals surface area contributed by atoms with Gasteiger partial charge < -0.3 is 5.32 Å². The van der Waals surface area contributed by atoms with Crippen LogP contribution < -0.4 is 5.32 Å². The number of hydrogen-bond donors (Lipinski definition) is 1. The van der Waals surface area contributed by atoms with Crippen molar-refractivity contribution >= 4 is 12.4 Å². The molecule has 0 unspecified atom stereocenters. The van der Waals surface area contributed by atoms with Gasteiger partial charge in [0.25, 0.3) is 0 Å².